The molecule has 4 rings (SSSR count). The van der Waals surface area contributed by atoms with Crippen LogP contribution >= 0.6 is 11.8 Å². The van der Waals surface area contributed by atoms with Crippen LogP contribution < -0.4 is 11.1 Å². The van der Waals surface area contributed by atoms with Crippen molar-refractivity contribution < 1.29 is 4.79 Å². The predicted octanol–water partition coefficient (Wildman–Crippen LogP) is 3.64. The number of nitrogens with two attached hydrogens (primary N) is 1. The first-order valence-electron chi connectivity index (χ1n) is 10.6. The Kier molecular flexibility index (Phi) is 6.10. The van der Waals surface area contributed by atoms with Crippen molar-refractivity contribution in [2.45, 2.75) is 51.6 Å². The number of nitrogens with one attached hydrogen (secondary N) is 1. The van der Waals surface area contributed by atoms with Crippen LogP contribution in [0.2, 0.25) is 0 Å². The summed E-state index contributed by atoms with van der Waals surface area (Å²) in [4.78, 5) is 15.5. The number of nitrogens with zero attached hydrogens (tertiary/aromatic N) is 1. The van der Waals surface area contributed by atoms with Crippen molar-refractivity contribution in [3.63, 3.8) is 0 Å². The number of thioether (sulfide) groups is 1. The normalized spacial score (nSPS) is 31.5. The van der Waals surface area contributed by atoms with E-state index in [9.17, 15) is 4.79 Å². The number of fused-ring (bicyclic) bond motifs is 2. The maximum Gasteiger partial charge on any atom is 0.227 e. The van der Waals surface area contributed by atoms with E-state index in [-0.39, 0.29) is 11.8 Å². The minimum absolute atomic E-state index is 0.127. The molecular weight excluding hydrogens is 354 g/mol. The van der Waals surface area contributed by atoms with Crippen LogP contribution in [0, 0.1) is 24.7 Å². The monoisotopic (exact) mass is 387 g/mol. The van der Waals surface area contributed by atoms with Crippen LogP contribution in [0.3, 0.4) is 0 Å². The van der Waals surface area contributed by atoms with Gasteiger partial charge in [0.2, 0.25) is 5.91 Å². The molecule has 3 N–H and O–H groups in total. The number of carbonyl (C=O) groups excluding carboxylic acids is 1. The highest BCUT2D eigenvalue weighted by atomic mass is 32.2. The Morgan fingerprint density at radius 2 is 1.93 bits per heavy atom. The zero-order valence-electron chi connectivity index (χ0n) is 16.5. The van der Waals surface area contributed by atoms with E-state index < -0.39 is 0 Å². The van der Waals surface area contributed by atoms with Crippen LogP contribution in [-0.4, -0.2) is 41.4 Å². The molecule has 5 heteroatoms. The fourth-order valence-electron chi connectivity index (χ4n) is 5.23. The van der Waals surface area contributed by atoms with Gasteiger partial charge in [0.25, 0.3) is 0 Å². The Hall–Kier alpha value is -1.04. The molecule has 1 aromatic rings. The van der Waals surface area contributed by atoms with Crippen molar-refractivity contribution in [2.75, 3.05) is 29.9 Å². The highest BCUT2D eigenvalue weighted by Gasteiger charge is 2.40. The molecule has 2 bridgehead atoms. The highest BCUT2D eigenvalue weighted by Crippen LogP contribution is 2.42. The molecule has 148 valence electrons. The van der Waals surface area contributed by atoms with Crippen LogP contribution in [0.4, 0.5) is 5.69 Å². The molecule has 2 unspecified atom stereocenters. The van der Waals surface area contributed by atoms with Gasteiger partial charge in [-0.05, 0) is 61.6 Å². The number of hydrogen-bond acceptors (Lipinski definition) is 4. The number of amides is 1. The molecule has 0 aromatic heterocycles. The third-order valence-electron chi connectivity index (χ3n) is 6.99. The first-order valence-corrected chi connectivity index (χ1v) is 11.7. The van der Waals surface area contributed by atoms with E-state index in [1.54, 1.807) is 0 Å². The lowest BCUT2D eigenvalue weighted by Crippen LogP contribution is -2.48. The van der Waals surface area contributed by atoms with Gasteiger partial charge in [-0.3, -0.25) is 9.69 Å². The summed E-state index contributed by atoms with van der Waals surface area (Å²) in [7, 11) is 0. The predicted molar refractivity (Wildman–Crippen MR) is 114 cm³/mol. The van der Waals surface area contributed by atoms with Crippen molar-refractivity contribution in [1.29, 1.82) is 0 Å². The molecule has 2 saturated carbocycles. The number of anilines is 1. The molecule has 27 heavy (non-hydrogen) atoms. The zero-order chi connectivity index (χ0) is 18.8. The molecule has 1 saturated heterocycles. The molecule has 0 radical (unpaired) electrons. The third kappa shape index (κ3) is 4.36. The molecule has 1 amide bonds. The summed E-state index contributed by atoms with van der Waals surface area (Å²) in [6.07, 6.45) is 5.61. The summed E-state index contributed by atoms with van der Waals surface area (Å²) in [5, 5.41) is 3.26. The first-order chi connectivity index (χ1) is 13.1. The minimum Gasteiger partial charge on any atom is -0.327 e. The molecule has 2 aliphatic carbocycles. The largest absolute Gasteiger partial charge is 0.327 e. The third-order valence-corrected chi connectivity index (χ3v) is 7.93. The topological polar surface area (TPSA) is 58.4 Å². The Morgan fingerprint density at radius 1 is 1.22 bits per heavy atom. The van der Waals surface area contributed by atoms with E-state index in [2.05, 4.69) is 35.3 Å². The van der Waals surface area contributed by atoms with Gasteiger partial charge in [0.1, 0.15) is 0 Å². The lowest BCUT2D eigenvalue weighted by Gasteiger charge is -2.43. The molecule has 1 heterocycles. The smallest absolute Gasteiger partial charge is 0.227 e. The quantitative estimate of drug-likeness (QED) is 0.828. The lowest BCUT2D eigenvalue weighted by molar-refractivity contribution is -0.122. The maximum absolute atomic E-state index is 13.0. The Bertz CT molecular complexity index is 660. The van der Waals surface area contributed by atoms with Crippen LogP contribution in [0.15, 0.2) is 18.2 Å². The van der Waals surface area contributed by atoms with Crippen LogP contribution in [0.25, 0.3) is 0 Å². The van der Waals surface area contributed by atoms with Crippen molar-refractivity contribution >= 4 is 23.4 Å². The van der Waals surface area contributed by atoms with Crippen molar-refractivity contribution in [1.82, 2.24) is 4.90 Å². The van der Waals surface area contributed by atoms with E-state index in [0.717, 1.165) is 38.2 Å². The van der Waals surface area contributed by atoms with Crippen LogP contribution in [0.1, 0.15) is 43.2 Å². The summed E-state index contributed by atoms with van der Waals surface area (Å²) in [6, 6.07) is 6.66. The number of hydrogen-bond donors (Lipinski definition) is 2. The lowest BCUT2D eigenvalue weighted by atomic mass is 9.65. The zero-order valence-corrected chi connectivity index (χ0v) is 17.3. The van der Waals surface area contributed by atoms with Crippen LogP contribution in [-0.2, 0) is 11.3 Å². The van der Waals surface area contributed by atoms with E-state index in [0.29, 0.717) is 17.9 Å². The molecule has 1 aromatic carbocycles. The average molecular weight is 388 g/mol. The first kappa shape index (κ1) is 19.3. The van der Waals surface area contributed by atoms with E-state index in [1.807, 2.05) is 11.8 Å². The van der Waals surface area contributed by atoms with Gasteiger partial charge < -0.3 is 11.1 Å². The summed E-state index contributed by atoms with van der Waals surface area (Å²) < 4.78 is 0. The second-order valence-corrected chi connectivity index (χ2v) is 9.89. The molecule has 3 aliphatic rings. The second kappa shape index (κ2) is 8.54. The highest BCUT2D eigenvalue weighted by molar-refractivity contribution is 7.99. The SMILES string of the molecule is Cc1c(CN2CCSCC2)cccc1NC(=O)C1CC2CCCC(C1)C2N. The number of rotatable bonds is 4. The van der Waals surface area contributed by atoms with Crippen molar-refractivity contribution in [2.24, 2.45) is 23.5 Å². The van der Waals surface area contributed by atoms with Gasteiger partial charge in [-0.2, -0.15) is 11.8 Å². The molecule has 2 atom stereocenters. The van der Waals surface area contributed by atoms with Gasteiger partial charge in [-0.15, -0.1) is 0 Å². The van der Waals surface area contributed by atoms with Crippen molar-refractivity contribution in [3.8, 4) is 0 Å². The molecular formula is C22H33N3OS. The van der Waals surface area contributed by atoms with Gasteiger partial charge in [0, 0.05) is 48.8 Å². The van der Waals surface area contributed by atoms with Crippen molar-refractivity contribution in [3.05, 3.63) is 29.3 Å². The molecule has 4 nitrogen and oxygen atoms in total. The summed E-state index contributed by atoms with van der Waals surface area (Å²) in [6.45, 7) is 5.45. The Labute approximate surface area is 167 Å². The van der Waals surface area contributed by atoms with Crippen LogP contribution in [0.5, 0.6) is 0 Å². The molecule has 1 aliphatic heterocycles. The standard InChI is InChI=1S/C22H33N3OS/c1-15-18(14-25-8-10-27-11-9-25)6-3-7-20(15)24-22(26)19-12-16-4-2-5-17(13-19)21(16)23/h3,6-7,16-17,19,21H,2,4-5,8-14,23H2,1H3,(H,24,26). The van der Waals surface area contributed by atoms with E-state index in [1.165, 1.54) is 41.9 Å². The fraction of sp³-hybridized carbons (Fsp3) is 0.682. The Morgan fingerprint density at radius 3 is 2.63 bits per heavy atom. The van der Waals surface area contributed by atoms with E-state index in [4.69, 9.17) is 5.73 Å². The van der Waals surface area contributed by atoms with Gasteiger partial charge in [0.15, 0.2) is 0 Å². The van der Waals surface area contributed by atoms with E-state index >= 15 is 0 Å². The minimum atomic E-state index is 0.127. The molecule has 3 fully saturated rings. The van der Waals surface area contributed by atoms with Gasteiger partial charge in [-0.1, -0.05) is 18.6 Å². The van der Waals surface area contributed by atoms with Gasteiger partial charge in [0.05, 0.1) is 0 Å². The average Bonchev–Trinajstić information content (AvgIpc) is 2.65. The summed E-state index contributed by atoms with van der Waals surface area (Å²) >= 11 is 2.04. The van der Waals surface area contributed by atoms with Gasteiger partial charge in [-0.25, -0.2) is 0 Å². The maximum atomic E-state index is 13.0. The second-order valence-electron chi connectivity index (χ2n) is 8.66. The summed E-state index contributed by atoms with van der Waals surface area (Å²) in [5.41, 5.74) is 9.94. The number of carbonyl (C=O) groups is 1. The van der Waals surface area contributed by atoms with Gasteiger partial charge >= 0.3 is 0 Å². The summed E-state index contributed by atoms with van der Waals surface area (Å²) in [5.74, 6) is 3.86. The Balaban J connectivity index is 1.41. The molecule has 0 spiro atoms. The fourth-order valence-corrected chi connectivity index (χ4v) is 6.21. The number of benzene rings is 1.